The van der Waals surface area contributed by atoms with Crippen molar-refractivity contribution in [2.24, 2.45) is 0 Å². The summed E-state index contributed by atoms with van der Waals surface area (Å²) >= 11 is 11.7. The van der Waals surface area contributed by atoms with E-state index in [-0.39, 0.29) is 0 Å². The average molecular weight is 217 g/mol. The first-order valence-electron chi connectivity index (χ1n) is 3.93. The summed E-state index contributed by atoms with van der Waals surface area (Å²) in [7, 11) is 0. The van der Waals surface area contributed by atoms with E-state index in [2.05, 4.69) is 0 Å². The van der Waals surface area contributed by atoms with Crippen LogP contribution in [0.4, 0.5) is 0 Å². The number of halogens is 2. The number of allylic oxidation sites excluding steroid dienone is 1. The molecule has 0 aromatic heterocycles. The van der Waals surface area contributed by atoms with Crippen molar-refractivity contribution in [3.05, 3.63) is 40.4 Å². The molecule has 0 amide bonds. The van der Waals surface area contributed by atoms with E-state index in [4.69, 9.17) is 27.9 Å². The van der Waals surface area contributed by atoms with Gasteiger partial charge in [0.2, 0.25) is 0 Å². The number of hydrogen-bond donors (Lipinski definition) is 0. The zero-order valence-corrected chi connectivity index (χ0v) is 8.77. The van der Waals surface area contributed by atoms with E-state index in [0.29, 0.717) is 22.4 Å². The van der Waals surface area contributed by atoms with Crippen molar-refractivity contribution < 1.29 is 4.74 Å². The van der Waals surface area contributed by atoms with Gasteiger partial charge in [-0.15, -0.1) is 0 Å². The van der Waals surface area contributed by atoms with E-state index in [1.807, 2.05) is 19.1 Å². The Balaban J connectivity index is 2.71. The Hall–Kier alpha value is -0.660. The van der Waals surface area contributed by atoms with Gasteiger partial charge in [0.25, 0.3) is 0 Å². The maximum absolute atomic E-state index is 5.89. The SMILES string of the molecule is CC=CCOc1cccc(Cl)c1Cl. The van der Waals surface area contributed by atoms with Crippen molar-refractivity contribution in [3.8, 4) is 5.75 Å². The second-order valence-corrected chi connectivity index (χ2v) is 3.22. The standard InChI is InChI=1S/C10H10Cl2O/c1-2-3-7-13-9-6-4-5-8(11)10(9)12/h2-6H,7H2,1H3. The Bertz CT molecular complexity index is 308. The first-order chi connectivity index (χ1) is 6.25. The zero-order chi connectivity index (χ0) is 9.68. The molecule has 0 aliphatic heterocycles. The van der Waals surface area contributed by atoms with Crippen LogP contribution in [0, 0.1) is 0 Å². The van der Waals surface area contributed by atoms with Crippen LogP contribution in [0.15, 0.2) is 30.4 Å². The number of ether oxygens (including phenoxy) is 1. The molecule has 0 atom stereocenters. The Morgan fingerprint density at radius 3 is 2.85 bits per heavy atom. The highest BCUT2D eigenvalue weighted by Crippen LogP contribution is 2.31. The van der Waals surface area contributed by atoms with E-state index in [1.54, 1.807) is 18.2 Å². The highest BCUT2D eigenvalue weighted by molar-refractivity contribution is 6.42. The predicted molar refractivity (Wildman–Crippen MR) is 56.8 cm³/mol. The van der Waals surface area contributed by atoms with Gasteiger partial charge in [-0.05, 0) is 19.1 Å². The van der Waals surface area contributed by atoms with Crippen LogP contribution < -0.4 is 4.74 Å². The Labute approximate surface area is 87.9 Å². The van der Waals surface area contributed by atoms with Gasteiger partial charge in [0.15, 0.2) is 0 Å². The smallest absolute Gasteiger partial charge is 0.139 e. The lowest BCUT2D eigenvalue weighted by atomic mass is 10.3. The third kappa shape index (κ3) is 2.94. The molecule has 0 heterocycles. The molecule has 0 N–H and O–H groups in total. The minimum absolute atomic E-state index is 0.466. The van der Waals surface area contributed by atoms with Crippen molar-refractivity contribution in [1.82, 2.24) is 0 Å². The summed E-state index contributed by atoms with van der Waals surface area (Å²) in [5, 5.41) is 0.980. The highest BCUT2D eigenvalue weighted by atomic mass is 35.5. The summed E-state index contributed by atoms with van der Waals surface area (Å²) in [4.78, 5) is 0. The van der Waals surface area contributed by atoms with Crippen molar-refractivity contribution >= 4 is 23.2 Å². The summed E-state index contributed by atoms with van der Waals surface area (Å²) in [5.74, 6) is 0.618. The van der Waals surface area contributed by atoms with Crippen LogP contribution in [0.2, 0.25) is 10.0 Å². The summed E-state index contributed by atoms with van der Waals surface area (Å²) in [6.45, 7) is 2.44. The fraction of sp³-hybridized carbons (Fsp3) is 0.200. The lowest BCUT2D eigenvalue weighted by molar-refractivity contribution is 0.363. The van der Waals surface area contributed by atoms with E-state index in [9.17, 15) is 0 Å². The number of hydrogen-bond acceptors (Lipinski definition) is 1. The maximum Gasteiger partial charge on any atom is 0.139 e. The molecule has 3 heteroatoms. The molecule has 0 saturated heterocycles. The van der Waals surface area contributed by atoms with E-state index in [1.165, 1.54) is 0 Å². The Morgan fingerprint density at radius 1 is 1.38 bits per heavy atom. The minimum atomic E-state index is 0.466. The van der Waals surface area contributed by atoms with Gasteiger partial charge in [-0.3, -0.25) is 0 Å². The molecular weight excluding hydrogens is 207 g/mol. The van der Waals surface area contributed by atoms with Crippen LogP contribution in [0.5, 0.6) is 5.75 Å². The van der Waals surface area contributed by atoms with Crippen LogP contribution in [0.1, 0.15) is 6.92 Å². The second kappa shape index (κ2) is 5.15. The van der Waals surface area contributed by atoms with Crippen molar-refractivity contribution in [1.29, 1.82) is 0 Å². The van der Waals surface area contributed by atoms with Crippen LogP contribution in [0.3, 0.4) is 0 Å². The quantitative estimate of drug-likeness (QED) is 0.696. The predicted octanol–water partition coefficient (Wildman–Crippen LogP) is 3.95. The van der Waals surface area contributed by atoms with Gasteiger partial charge in [-0.25, -0.2) is 0 Å². The van der Waals surface area contributed by atoms with Crippen molar-refractivity contribution in [2.45, 2.75) is 6.92 Å². The summed E-state index contributed by atoms with van der Waals surface area (Å²) in [6, 6.07) is 5.32. The molecule has 0 spiro atoms. The van der Waals surface area contributed by atoms with Gasteiger partial charge >= 0.3 is 0 Å². The molecule has 70 valence electrons. The maximum atomic E-state index is 5.89. The minimum Gasteiger partial charge on any atom is -0.488 e. The lowest BCUT2D eigenvalue weighted by Gasteiger charge is -2.05. The summed E-state index contributed by atoms with van der Waals surface area (Å²) in [6.07, 6.45) is 3.82. The molecule has 0 aliphatic rings. The van der Waals surface area contributed by atoms with Gasteiger partial charge < -0.3 is 4.74 Å². The average Bonchev–Trinajstić information content (AvgIpc) is 2.13. The van der Waals surface area contributed by atoms with Crippen LogP contribution in [-0.2, 0) is 0 Å². The molecule has 1 aromatic carbocycles. The van der Waals surface area contributed by atoms with Crippen LogP contribution in [0.25, 0.3) is 0 Å². The van der Waals surface area contributed by atoms with Gasteiger partial charge in [0, 0.05) is 0 Å². The van der Waals surface area contributed by atoms with Gasteiger partial charge in [0.05, 0.1) is 5.02 Å². The summed E-state index contributed by atoms with van der Waals surface area (Å²) in [5.41, 5.74) is 0. The monoisotopic (exact) mass is 216 g/mol. The van der Waals surface area contributed by atoms with E-state index in [0.717, 1.165) is 0 Å². The molecule has 13 heavy (non-hydrogen) atoms. The highest BCUT2D eigenvalue weighted by Gasteiger charge is 2.03. The van der Waals surface area contributed by atoms with Gasteiger partial charge in [-0.1, -0.05) is 41.4 Å². The molecule has 0 saturated carbocycles. The normalized spacial score (nSPS) is 10.7. The number of benzene rings is 1. The van der Waals surface area contributed by atoms with E-state index < -0.39 is 0 Å². The Morgan fingerprint density at radius 2 is 2.15 bits per heavy atom. The summed E-state index contributed by atoms with van der Waals surface area (Å²) < 4.78 is 5.35. The fourth-order valence-corrected chi connectivity index (χ4v) is 1.18. The molecule has 0 unspecified atom stereocenters. The third-order valence-electron chi connectivity index (χ3n) is 1.49. The third-order valence-corrected chi connectivity index (χ3v) is 2.29. The van der Waals surface area contributed by atoms with Gasteiger partial charge in [0.1, 0.15) is 17.4 Å². The first-order valence-corrected chi connectivity index (χ1v) is 4.69. The molecule has 0 fully saturated rings. The van der Waals surface area contributed by atoms with Crippen molar-refractivity contribution in [3.63, 3.8) is 0 Å². The molecule has 1 aromatic rings. The zero-order valence-electron chi connectivity index (χ0n) is 7.26. The molecule has 1 nitrogen and oxygen atoms in total. The van der Waals surface area contributed by atoms with Gasteiger partial charge in [-0.2, -0.15) is 0 Å². The van der Waals surface area contributed by atoms with Crippen LogP contribution in [-0.4, -0.2) is 6.61 Å². The number of rotatable bonds is 3. The molecule has 0 radical (unpaired) electrons. The Kier molecular flexibility index (Phi) is 4.13. The first kappa shape index (κ1) is 10.4. The van der Waals surface area contributed by atoms with Crippen molar-refractivity contribution in [2.75, 3.05) is 6.61 Å². The second-order valence-electron chi connectivity index (χ2n) is 2.43. The molecule has 0 aliphatic carbocycles. The van der Waals surface area contributed by atoms with Crippen LogP contribution >= 0.6 is 23.2 Å². The largest absolute Gasteiger partial charge is 0.488 e. The van der Waals surface area contributed by atoms with E-state index >= 15 is 0 Å². The fourth-order valence-electron chi connectivity index (χ4n) is 0.830. The molecular formula is C10H10Cl2O. The topological polar surface area (TPSA) is 9.23 Å². The lowest BCUT2D eigenvalue weighted by Crippen LogP contribution is -1.93. The molecule has 0 bridgehead atoms. The molecule has 1 rings (SSSR count).